The molecule has 0 aliphatic carbocycles. The number of allylic oxidation sites excluding steroid dienone is 1. The molecule has 0 aromatic carbocycles. The van der Waals surface area contributed by atoms with E-state index in [1.54, 1.807) is 10.9 Å². The summed E-state index contributed by atoms with van der Waals surface area (Å²) in [5.41, 5.74) is 0.969. The van der Waals surface area contributed by atoms with E-state index in [4.69, 9.17) is 5.11 Å². The van der Waals surface area contributed by atoms with Crippen LogP contribution in [0.1, 0.15) is 18.4 Å². The summed E-state index contributed by atoms with van der Waals surface area (Å²) in [5, 5.41) is 12.6. The SMILES string of the molecule is C=CCCn1cc(CCC(=O)O)cn1. The van der Waals surface area contributed by atoms with Gasteiger partial charge < -0.3 is 5.11 Å². The van der Waals surface area contributed by atoms with E-state index in [0.717, 1.165) is 18.5 Å². The monoisotopic (exact) mass is 194 g/mol. The molecule has 0 radical (unpaired) electrons. The molecule has 4 heteroatoms. The topological polar surface area (TPSA) is 55.1 Å². The molecule has 0 unspecified atom stereocenters. The molecule has 0 atom stereocenters. The van der Waals surface area contributed by atoms with Crippen molar-refractivity contribution in [2.24, 2.45) is 0 Å². The van der Waals surface area contributed by atoms with Crippen molar-refractivity contribution in [1.29, 1.82) is 0 Å². The van der Waals surface area contributed by atoms with Gasteiger partial charge in [0.15, 0.2) is 0 Å². The van der Waals surface area contributed by atoms with Crippen LogP contribution in [0.5, 0.6) is 0 Å². The standard InChI is InChI=1S/C10H14N2O2/c1-2-3-6-12-8-9(7-11-12)4-5-10(13)14/h2,7-8H,1,3-6H2,(H,13,14). The summed E-state index contributed by atoms with van der Waals surface area (Å²) in [6.07, 6.45) is 7.01. The van der Waals surface area contributed by atoms with Crippen molar-refractivity contribution in [2.45, 2.75) is 25.8 Å². The maximum atomic E-state index is 10.3. The number of carboxylic acids is 1. The molecule has 14 heavy (non-hydrogen) atoms. The molecule has 0 bridgehead atoms. The van der Waals surface area contributed by atoms with Gasteiger partial charge in [0.2, 0.25) is 0 Å². The minimum Gasteiger partial charge on any atom is -0.481 e. The fourth-order valence-corrected chi connectivity index (χ4v) is 1.13. The van der Waals surface area contributed by atoms with E-state index in [-0.39, 0.29) is 6.42 Å². The molecular weight excluding hydrogens is 180 g/mol. The summed E-state index contributed by atoms with van der Waals surface area (Å²) >= 11 is 0. The number of carbonyl (C=O) groups is 1. The molecule has 1 N–H and O–H groups in total. The molecule has 0 fully saturated rings. The lowest BCUT2D eigenvalue weighted by atomic mass is 10.2. The molecule has 1 aromatic heterocycles. The highest BCUT2D eigenvalue weighted by atomic mass is 16.4. The van der Waals surface area contributed by atoms with E-state index in [2.05, 4.69) is 11.7 Å². The fraction of sp³-hybridized carbons (Fsp3) is 0.400. The van der Waals surface area contributed by atoms with E-state index in [0.29, 0.717) is 6.42 Å². The van der Waals surface area contributed by atoms with Gasteiger partial charge in [0, 0.05) is 19.2 Å². The molecule has 0 spiro atoms. The van der Waals surface area contributed by atoms with Gasteiger partial charge >= 0.3 is 5.97 Å². The number of aromatic nitrogens is 2. The zero-order valence-electron chi connectivity index (χ0n) is 8.02. The Balaban J connectivity index is 2.42. The largest absolute Gasteiger partial charge is 0.481 e. The average Bonchev–Trinajstić information content (AvgIpc) is 2.59. The minimum absolute atomic E-state index is 0.160. The average molecular weight is 194 g/mol. The molecule has 76 valence electrons. The van der Waals surface area contributed by atoms with E-state index in [1.165, 1.54) is 0 Å². The number of nitrogens with zero attached hydrogens (tertiary/aromatic N) is 2. The Kier molecular flexibility index (Phi) is 3.91. The first-order chi connectivity index (χ1) is 6.72. The third-order valence-electron chi connectivity index (χ3n) is 1.88. The van der Waals surface area contributed by atoms with Crippen molar-refractivity contribution in [3.8, 4) is 0 Å². The Morgan fingerprint density at radius 3 is 3.14 bits per heavy atom. The first kappa shape index (κ1) is 10.5. The number of rotatable bonds is 6. The van der Waals surface area contributed by atoms with Gasteiger partial charge in [0.05, 0.1) is 6.20 Å². The van der Waals surface area contributed by atoms with Crippen LogP contribution in [-0.4, -0.2) is 20.9 Å². The number of hydrogen-bond donors (Lipinski definition) is 1. The summed E-state index contributed by atoms with van der Waals surface area (Å²) in [5.74, 6) is -0.774. The van der Waals surface area contributed by atoms with Gasteiger partial charge in [0.1, 0.15) is 0 Å². The van der Waals surface area contributed by atoms with Crippen molar-refractivity contribution >= 4 is 5.97 Å². The Morgan fingerprint density at radius 1 is 1.71 bits per heavy atom. The highest BCUT2D eigenvalue weighted by molar-refractivity contribution is 5.67. The Labute approximate surface area is 82.9 Å². The van der Waals surface area contributed by atoms with Gasteiger partial charge in [-0.05, 0) is 18.4 Å². The van der Waals surface area contributed by atoms with Crippen LogP contribution >= 0.6 is 0 Å². The smallest absolute Gasteiger partial charge is 0.303 e. The summed E-state index contributed by atoms with van der Waals surface area (Å²) in [6, 6.07) is 0. The Bertz CT molecular complexity index is 318. The minimum atomic E-state index is -0.774. The Hall–Kier alpha value is -1.58. The van der Waals surface area contributed by atoms with Crippen molar-refractivity contribution in [1.82, 2.24) is 9.78 Å². The molecule has 1 rings (SSSR count). The molecule has 4 nitrogen and oxygen atoms in total. The molecular formula is C10H14N2O2. The molecule has 1 heterocycles. The van der Waals surface area contributed by atoms with Crippen LogP contribution in [-0.2, 0) is 17.8 Å². The quantitative estimate of drug-likeness (QED) is 0.698. The highest BCUT2D eigenvalue weighted by Crippen LogP contribution is 2.02. The van der Waals surface area contributed by atoms with E-state index in [9.17, 15) is 4.79 Å². The van der Waals surface area contributed by atoms with E-state index in [1.807, 2.05) is 12.3 Å². The lowest BCUT2D eigenvalue weighted by Gasteiger charge is -1.95. The van der Waals surface area contributed by atoms with Gasteiger partial charge in [-0.1, -0.05) is 6.08 Å². The zero-order chi connectivity index (χ0) is 10.4. The van der Waals surface area contributed by atoms with Crippen molar-refractivity contribution in [3.05, 3.63) is 30.6 Å². The van der Waals surface area contributed by atoms with Crippen LogP contribution < -0.4 is 0 Å². The number of carboxylic acid groups (broad SMARTS) is 1. The number of aryl methyl sites for hydroxylation is 2. The molecule has 0 saturated heterocycles. The van der Waals surface area contributed by atoms with Gasteiger partial charge in [-0.3, -0.25) is 9.48 Å². The van der Waals surface area contributed by atoms with E-state index >= 15 is 0 Å². The molecule has 0 aliphatic rings. The normalized spacial score (nSPS) is 10.0. The zero-order valence-corrected chi connectivity index (χ0v) is 8.02. The third kappa shape index (κ3) is 3.43. The number of hydrogen-bond acceptors (Lipinski definition) is 2. The maximum absolute atomic E-state index is 10.3. The third-order valence-corrected chi connectivity index (χ3v) is 1.88. The van der Waals surface area contributed by atoms with Gasteiger partial charge in [-0.2, -0.15) is 5.10 Å². The van der Waals surface area contributed by atoms with E-state index < -0.39 is 5.97 Å². The predicted octanol–water partition coefficient (Wildman–Crippen LogP) is 1.48. The predicted molar refractivity (Wildman–Crippen MR) is 53.0 cm³/mol. The second-order valence-electron chi connectivity index (χ2n) is 3.08. The lowest BCUT2D eigenvalue weighted by molar-refractivity contribution is -0.136. The van der Waals surface area contributed by atoms with Gasteiger partial charge in [0.25, 0.3) is 0 Å². The first-order valence-corrected chi connectivity index (χ1v) is 4.56. The van der Waals surface area contributed by atoms with Gasteiger partial charge in [-0.15, -0.1) is 6.58 Å². The fourth-order valence-electron chi connectivity index (χ4n) is 1.13. The van der Waals surface area contributed by atoms with Crippen molar-refractivity contribution in [2.75, 3.05) is 0 Å². The van der Waals surface area contributed by atoms with Crippen LogP contribution in [0, 0.1) is 0 Å². The second-order valence-corrected chi connectivity index (χ2v) is 3.08. The van der Waals surface area contributed by atoms with Crippen LogP contribution in [0.15, 0.2) is 25.0 Å². The summed E-state index contributed by atoms with van der Waals surface area (Å²) in [7, 11) is 0. The van der Waals surface area contributed by atoms with Crippen LogP contribution in [0.25, 0.3) is 0 Å². The summed E-state index contributed by atoms with van der Waals surface area (Å²) in [6.45, 7) is 4.43. The molecule has 0 saturated carbocycles. The maximum Gasteiger partial charge on any atom is 0.303 e. The van der Waals surface area contributed by atoms with Crippen LogP contribution in [0.2, 0.25) is 0 Å². The van der Waals surface area contributed by atoms with Gasteiger partial charge in [-0.25, -0.2) is 0 Å². The molecule has 1 aromatic rings. The highest BCUT2D eigenvalue weighted by Gasteiger charge is 2.01. The van der Waals surface area contributed by atoms with Crippen LogP contribution in [0.3, 0.4) is 0 Å². The number of aliphatic carboxylic acids is 1. The second kappa shape index (κ2) is 5.21. The van der Waals surface area contributed by atoms with Crippen molar-refractivity contribution < 1.29 is 9.90 Å². The van der Waals surface area contributed by atoms with Crippen LogP contribution in [0.4, 0.5) is 0 Å². The lowest BCUT2D eigenvalue weighted by Crippen LogP contribution is -1.97. The Morgan fingerprint density at radius 2 is 2.50 bits per heavy atom. The van der Waals surface area contributed by atoms with Crippen molar-refractivity contribution in [3.63, 3.8) is 0 Å². The summed E-state index contributed by atoms with van der Waals surface area (Å²) < 4.78 is 1.80. The molecule has 0 aliphatic heterocycles. The first-order valence-electron chi connectivity index (χ1n) is 4.56. The molecule has 0 amide bonds. The summed E-state index contributed by atoms with van der Waals surface area (Å²) in [4.78, 5) is 10.3.